The summed E-state index contributed by atoms with van der Waals surface area (Å²) in [7, 11) is -3.49. The Kier molecular flexibility index (Phi) is 3.30. The van der Waals surface area contributed by atoms with Gasteiger partial charge in [0, 0.05) is 0 Å². The van der Waals surface area contributed by atoms with Crippen LogP contribution in [-0.2, 0) is 15.8 Å². The summed E-state index contributed by atoms with van der Waals surface area (Å²) in [6.45, 7) is 3.97. The molecule has 0 unspecified atom stereocenters. The van der Waals surface area contributed by atoms with Gasteiger partial charge in [0.15, 0.2) is 0 Å². The predicted octanol–water partition coefficient (Wildman–Crippen LogP) is 1.41. The summed E-state index contributed by atoms with van der Waals surface area (Å²) in [6.07, 6.45) is 0.904. The molecule has 2 rings (SSSR count). The zero-order valence-corrected chi connectivity index (χ0v) is 11.2. The topological polar surface area (TPSA) is 81.8 Å². The Hall–Kier alpha value is -1.56. The lowest BCUT2D eigenvalue weighted by Gasteiger charge is -2.20. The van der Waals surface area contributed by atoms with Gasteiger partial charge in [-0.05, 0) is 25.0 Å². The second kappa shape index (κ2) is 4.61. The van der Waals surface area contributed by atoms with Crippen molar-refractivity contribution in [2.75, 3.05) is 0 Å². The number of hydrogen-bond donors (Lipinski definition) is 1. The van der Waals surface area contributed by atoms with Gasteiger partial charge >= 0.3 is 0 Å². The van der Waals surface area contributed by atoms with Gasteiger partial charge in [0.25, 0.3) is 10.0 Å². The zero-order valence-electron chi connectivity index (χ0n) is 10.4. The first-order chi connectivity index (χ1) is 8.43. The minimum Gasteiger partial charge on any atom is -0.490 e. The van der Waals surface area contributed by atoms with Crippen LogP contribution in [0.4, 0.5) is 0 Å². The molecular formula is C12H16N2O3S. The quantitative estimate of drug-likeness (QED) is 0.898. The van der Waals surface area contributed by atoms with Gasteiger partial charge in [-0.15, -0.1) is 4.40 Å². The molecule has 6 heteroatoms. The van der Waals surface area contributed by atoms with Crippen LogP contribution in [0.15, 0.2) is 22.6 Å². The van der Waals surface area contributed by atoms with Crippen molar-refractivity contribution < 1.29 is 13.2 Å². The maximum Gasteiger partial charge on any atom is 0.259 e. The molecule has 1 aromatic carbocycles. The molecule has 0 aromatic heterocycles. The lowest BCUT2D eigenvalue weighted by atomic mass is 10.1. The number of nitrogens with two attached hydrogens (primary N) is 1. The van der Waals surface area contributed by atoms with E-state index in [9.17, 15) is 8.42 Å². The molecule has 98 valence electrons. The normalized spacial score (nSPS) is 18.7. The lowest BCUT2D eigenvalue weighted by Crippen LogP contribution is -2.25. The zero-order chi connectivity index (χ0) is 13.3. The Bertz CT molecular complexity index is 593. The highest BCUT2D eigenvalue weighted by molar-refractivity contribution is 7.89. The Morgan fingerprint density at radius 3 is 2.89 bits per heavy atom. The van der Waals surface area contributed by atoms with Gasteiger partial charge in [-0.25, -0.2) is 8.42 Å². The number of hydrogen-bond acceptors (Lipinski definition) is 4. The number of nitrogens with zero attached hydrogens (tertiary/aromatic N) is 1. The monoisotopic (exact) mass is 268 g/mol. The second-order valence-corrected chi connectivity index (χ2v) is 5.96. The SMILES string of the molecule is CC[C@H](C)Oc1cccc2c1C(N)=NS(=O)(=O)C2. The maximum absolute atomic E-state index is 11.5. The van der Waals surface area contributed by atoms with Gasteiger partial charge in [0.05, 0.1) is 17.4 Å². The highest BCUT2D eigenvalue weighted by Crippen LogP contribution is 2.28. The Morgan fingerprint density at radius 1 is 1.50 bits per heavy atom. The Labute approximate surface area is 107 Å². The van der Waals surface area contributed by atoms with Gasteiger partial charge < -0.3 is 10.5 Å². The molecule has 5 nitrogen and oxygen atoms in total. The fraction of sp³-hybridized carbons (Fsp3) is 0.417. The van der Waals surface area contributed by atoms with Crippen LogP contribution >= 0.6 is 0 Å². The van der Waals surface area contributed by atoms with E-state index in [-0.39, 0.29) is 17.7 Å². The molecule has 0 fully saturated rings. The van der Waals surface area contributed by atoms with Crippen LogP contribution in [0.3, 0.4) is 0 Å². The van der Waals surface area contributed by atoms with Gasteiger partial charge in [0.2, 0.25) is 0 Å². The summed E-state index contributed by atoms with van der Waals surface area (Å²) in [5, 5.41) is 0. The molecule has 0 bridgehead atoms. The fourth-order valence-corrected chi connectivity index (χ4v) is 2.90. The predicted molar refractivity (Wildman–Crippen MR) is 70.2 cm³/mol. The minimum absolute atomic E-state index is 0.00940. The summed E-state index contributed by atoms with van der Waals surface area (Å²) in [6, 6.07) is 5.29. The molecule has 0 saturated heterocycles. The van der Waals surface area contributed by atoms with E-state index >= 15 is 0 Å². The van der Waals surface area contributed by atoms with Gasteiger partial charge in [0.1, 0.15) is 11.6 Å². The molecular weight excluding hydrogens is 252 g/mol. The van der Waals surface area contributed by atoms with E-state index in [0.29, 0.717) is 16.9 Å². The molecule has 0 amide bonds. The number of sulfonamides is 1. The van der Waals surface area contributed by atoms with Crippen molar-refractivity contribution in [3.05, 3.63) is 29.3 Å². The van der Waals surface area contributed by atoms with Crippen molar-refractivity contribution in [2.45, 2.75) is 32.1 Å². The molecule has 0 radical (unpaired) electrons. The lowest BCUT2D eigenvalue weighted by molar-refractivity contribution is 0.217. The third-order valence-electron chi connectivity index (χ3n) is 2.85. The van der Waals surface area contributed by atoms with Crippen molar-refractivity contribution in [1.29, 1.82) is 0 Å². The van der Waals surface area contributed by atoms with E-state index in [1.54, 1.807) is 18.2 Å². The van der Waals surface area contributed by atoms with E-state index in [1.807, 2.05) is 13.8 Å². The van der Waals surface area contributed by atoms with Crippen molar-refractivity contribution in [2.24, 2.45) is 10.1 Å². The molecule has 18 heavy (non-hydrogen) atoms. The molecule has 1 aliphatic rings. The van der Waals surface area contributed by atoms with Crippen LogP contribution in [0, 0.1) is 0 Å². The minimum atomic E-state index is -3.49. The van der Waals surface area contributed by atoms with Crippen LogP contribution in [0.1, 0.15) is 31.4 Å². The number of amidine groups is 1. The highest BCUT2D eigenvalue weighted by atomic mass is 32.2. The van der Waals surface area contributed by atoms with E-state index in [2.05, 4.69) is 4.40 Å². The van der Waals surface area contributed by atoms with Crippen LogP contribution < -0.4 is 10.5 Å². The van der Waals surface area contributed by atoms with Crippen molar-refractivity contribution in [3.63, 3.8) is 0 Å². The van der Waals surface area contributed by atoms with Gasteiger partial charge in [-0.2, -0.15) is 0 Å². The summed E-state index contributed by atoms with van der Waals surface area (Å²) in [4.78, 5) is 0. The third-order valence-corrected chi connectivity index (χ3v) is 4.00. The summed E-state index contributed by atoms with van der Waals surface area (Å²) in [5.41, 5.74) is 6.98. The van der Waals surface area contributed by atoms with Crippen LogP contribution in [-0.4, -0.2) is 20.4 Å². The Balaban J connectivity index is 2.49. The first kappa shape index (κ1) is 12.9. The largest absolute Gasteiger partial charge is 0.490 e. The van der Waals surface area contributed by atoms with Crippen LogP contribution in [0.5, 0.6) is 5.75 Å². The van der Waals surface area contributed by atoms with E-state index in [0.717, 1.165) is 6.42 Å². The molecule has 1 aromatic rings. The molecule has 0 spiro atoms. The average molecular weight is 268 g/mol. The third kappa shape index (κ3) is 2.48. The number of ether oxygens (including phenoxy) is 1. The second-order valence-electron chi connectivity index (χ2n) is 4.33. The van der Waals surface area contributed by atoms with Crippen molar-refractivity contribution in [1.82, 2.24) is 0 Å². The van der Waals surface area contributed by atoms with Gasteiger partial charge in [-0.1, -0.05) is 19.1 Å². The fourth-order valence-electron chi connectivity index (χ4n) is 1.81. The van der Waals surface area contributed by atoms with E-state index in [4.69, 9.17) is 10.5 Å². The van der Waals surface area contributed by atoms with E-state index < -0.39 is 10.0 Å². The summed E-state index contributed by atoms with van der Waals surface area (Å²) >= 11 is 0. The summed E-state index contributed by atoms with van der Waals surface area (Å²) < 4.78 is 32.3. The van der Waals surface area contributed by atoms with E-state index in [1.165, 1.54) is 0 Å². The van der Waals surface area contributed by atoms with Crippen LogP contribution in [0.2, 0.25) is 0 Å². The molecule has 1 heterocycles. The first-order valence-electron chi connectivity index (χ1n) is 5.80. The Morgan fingerprint density at radius 2 is 2.22 bits per heavy atom. The molecule has 2 N–H and O–H groups in total. The first-order valence-corrected chi connectivity index (χ1v) is 7.41. The molecule has 0 aliphatic carbocycles. The number of fused-ring (bicyclic) bond motifs is 1. The van der Waals surface area contributed by atoms with Crippen LogP contribution in [0.25, 0.3) is 0 Å². The standard InChI is InChI=1S/C12H16N2O3S/c1-3-8(2)17-10-6-4-5-9-7-18(15,16)14-12(13)11(9)10/h4-6,8H,3,7H2,1-2H3,(H2,13,14)/t8-/m0/s1. The number of benzene rings is 1. The molecule has 0 saturated carbocycles. The highest BCUT2D eigenvalue weighted by Gasteiger charge is 2.25. The van der Waals surface area contributed by atoms with Crippen molar-refractivity contribution in [3.8, 4) is 5.75 Å². The molecule has 1 aliphatic heterocycles. The average Bonchev–Trinajstić information content (AvgIpc) is 2.26. The van der Waals surface area contributed by atoms with Gasteiger partial charge in [-0.3, -0.25) is 0 Å². The maximum atomic E-state index is 11.5. The smallest absolute Gasteiger partial charge is 0.259 e. The summed E-state index contributed by atoms with van der Waals surface area (Å²) in [5.74, 6) is 0.481. The molecule has 1 atom stereocenters. The van der Waals surface area contributed by atoms with Crippen molar-refractivity contribution >= 4 is 15.9 Å². The number of rotatable bonds is 3.